The number of methoxy groups -OCH3 is 2. The third kappa shape index (κ3) is 4.71. The standard InChI is InChI=1S/C14H19NO4/c1-11(18-2)14(17)15(10-13(16)19-3)9-12-7-5-4-6-8-12/h4-8,11H,9-10H2,1-3H3. The molecule has 1 aromatic carbocycles. The average Bonchev–Trinajstić information content (AvgIpc) is 2.45. The summed E-state index contributed by atoms with van der Waals surface area (Å²) in [5.74, 6) is -0.690. The van der Waals surface area contributed by atoms with E-state index < -0.39 is 12.1 Å². The van der Waals surface area contributed by atoms with Crippen LogP contribution in [0, 0.1) is 0 Å². The van der Waals surface area contributed by atoms with Crippen LogP contribution in [0.25, 0.3) is 0 Å². The zero-order valence-electron chi connectivity index (χ0n) is 11.5. The quantitative estimate of drug-likeness (QED) is 0.726. The lowest BCUT2D eigenvalue weighted by atomic mass is 10.2. The van der Waals surface area contributed by atoms with Crippen molar-refractivity contribution in [3.8, 4) is 0 Å². The molecule has 0 aromatic heterocycles. The predicted octanol–water partition coefficient (Wildman–Crippen LogP) is 1.22. The third-order valence-corrected chi connectivity index (χ3v) is 2.78. The van der Waals surface area contributed by atoms with E-state index in [1.807, 2.05) is 30.3 Å². The number of rotatable bonds is 6. The Balaban J connectivity index is 2.80. The number of carbonyl (C=O) groups excluding carboxylic acids is 2. The van der Waals surface area contributed by atoms with Gasteiger partial charge in [-0.25, -0.2) is 0 Å². The van der Waals surface area contributed by atoms with Crippen LogP contribution >= 0.6 is 0 Å². The van der Waals surface area contributed by atoms with Crippen LogP contribution in [-0.2, 0) is 25.6 Å². The van der Waals surface area contributed by atoms with E-state index >= 15 is 0 Å². The van der Waals surface area contributed by atoms with Crippen molar-refractivity contribution in [2.24, 2.45) is 0 Å². The van der Waals surface area contributed by atoms with Gasteiger partial charge in [0.15, 0.2) is 0 Å². The molecule has 104 valence electrons. The SMILES string of the molecule is COC(=O)CN(Cc1ccccc1)C(=O)C(C)OC. The van der Waals surface area contributed by atoms with Crippen LogP contribution in [0.1, 0.15) is 12.5 Å². The second-order valence-electron chi connectivity index (χ2n) is 4.13. The van der Waals surface area contributed by atoms with E-state index in [1.54, 1.807) is 6.92 Å². The van der Waals surface area contributed by atoms with Crippen molar-refractivity contribution in [3.05, 3.63) is 35.9 Å². The fourth-order valence-electron chi connectivity index (χ4n) is 1.59. The normalized spacial score (nSPS) is 11.7. The van der Waals surface area contributed by atoms with Gasteiger partial charge in [0.05, 0.1) is 7.11 Å². The Labute approximate surface area is 113 Å². The fourth-order valence-corrected chi connectivity index (χ4v) is 1.59. The second kappa shape index (κ2) is 7.53. The molecule has 1 unspecified atom stereocenters. The summed E-state index contributed by atoms with van der Waals surface area (Å²) in [6, 6.07) is 9.46. The largest absolute Gasteiger partial charge is 0.468 e. The maximum absolute atomic E-state index is 12.1. The van der Waals surface area contributed by atoms with Gasteiger partial charge in [0, 0.05) is 13.7 Å². The minimum atomic E-state index is -0.589. The Kier molecular flexibility index (Phi) is 6.02. The van der Waals surface area contributed by atoms with E-state index in [9.17, 15) is 9.59 Å². The van der Waals surface area contributed by atoms with E-state index in [4.69, 9.17) is 4.74 Å². The molecule has 0 saturated heterocycles. The van der Waals surface area contributed by atoms with Crippen molar-refractivity contribution < 1.29 is 19.1 Å². The Hall–Kier alpha value is -1.88. The molecule has 1 atom stereocenters. The highest BCUT2D eigenvalue weighted by Crippen LogP contribution is 2.07. The van der Waals surface area contributed by atoms with Crippen LogP contribution in [0.4, 0.5) is 0 Å². The Bertz CT molecular complexity index is 419. The summed E-state index contributed by atoms with van der Waals surface area (Å²) in [5.41, 5.74) is 0.947. The van der Waals surface area contributed by atoms with Gasteiger partial charge in [0.1, 0.15) is 12.6 Å². The lowest BCUT2D eigenvalue weighted by molar-refractivity contribution is -0.151. The van der Waals surface area contributed by atoms with Crippen molar-refractivity contribution in [2.75, 3.05) is 20.8 Å². The molecule has 0 N–H and O–H groups in total. The summed E-state index contributed by atoms with van der Waals surface area (Å²) < 4.78 is 9.61. The minimum absolute atomic E-state index is 0.0854. The molecule has 0 aliphatic heterocycles. The average molecular weight is 265 g/mol. The molecule has 0 saturated carbocycles. The van der Waals surface area contributed by atoms with Crippen molar-refractivity contribution >= 4 is 11.9 Å². The molecule has 0 heterocycles. The van der Waals surface area contributed by atoms with Crippen molar-refractivity contribution in [1.82, 2.24) is 4.90 Å². The van der Waals surface area contributed by atoms with Gasteiger partial charge in [-0.1, -0.05) is 30.3 Å². The smallest absolute Gasteiger partial charge is 0.325 e. The zero-order chi connectivity index (χ0) is 14.3. The molecule has 1 rings (SSSR count). The lowest BCUT2D eigenvalue weighted by Gasteiger charge is -2.24. The van der Waals surface area contributed by atoms with Crippen LogP contribution in [0.3, 0.4) is 0 Å². The van der Waals surface area contributed by atoms with E-state index in [2.05, 4.69) is 4.74 Å². The maximum atomic E-state index is 12.1. The fraction of sp³-hybridized carbons (Fsp3) is 0.429. The minimum Gasteiger partial charge on any atom is -0.468 e. The van der Waals surface area contributed by atoms with Crippen LogP contribution in [-0.4, -0.2) is 43.6 Å². The van der Waals surface area contributed by atoms with E-state index in [-0.39, 0.29) is 12.5 Å². The van der Waals surface area contributed by atoms with Gasteiger partial charge in [0.25, 0.3) is 5.91 Å². The molecule has 0 aliphatic rings. The number of carbonyl (C=O) groups is 2. The predicted molar refractivity (Wildman–Crippen MR) is 70.3 cm³/mol. The molecule has 5 heteroatoms. The maximum Gasteiger partial charge on any atom is 0.325 e. The molecule has 1 aromatic rings. The van der Waals surface area contributed by atoms with Crippen molar-refractivity contribution in [1.29, 1.82) is 0 Å². The van der Waals surface area contributed by atoms with Gasteiger partial charge in [-0.15, -0.1) is 0 Å². The summed E-state index contributed by atoms with van der Waals surface area (Å²) >= 11 is 0. The first kappa shape index (κ1) is 15.2. The topological polar surface area (TPSA) is 55.8 Å². The van der Waals surface area contributed by atoms with Gasteiger partial charge in [-0.05, 0) is 12.5 Å². The lowest BCUT2D eigenvalue weighted by Crippen LogP contribution is -2.41. The molecule has 0 aliphatic carbocycles. The monoisotopic (exact) mass is 265 g/mol. The van der Waals surface area contributed by atoms with Crippen LogP contribution in [0.5, 0.6) is 0 Å². The second-order valence-corrected chi connectivity index (χ2v) is 4.13. The van der Waals surface area contributed by atoms with Gasteiger partial charge in [-0.2, -0.15) is 0 Å². The first-order valence-electron chi connectivity index (χ1n) is 6.00. The Morgan fingerprint density at radius 2 is 1.84 bits per heavy atom. The molecule has 0 spiro atoms. The van der Waals surface area contributed by atoms with E-state index in [1.165, 1.54) is 19.1 Å². The van der Waals surface area contributed by atoms with Gasteiger partial charge < -0.3 is 14.4 Å². The number of nitrogens with zero attached hydrogens (tertiary/aromatic N) is 1. The summed E-state index contributed by atoms with van der Waals surface area (Å²) in [7, 11) is 2.76. The van der Waals surface area contributed by atoms with Crippen LogP contribution in [0.15, 0.2) is 30.3 Å². The first-order valence-corrected chi connectivity index (χ1v) is 6.00. The van der Waals surface area contributed by atoms with Gasteiger partial charge in [0.2, 0.25) is 0 Å². The highest BCUT2D eigenvalue weighted by molar-refractivity contribution is 5.84. The van der Waals surface area contributed by atoms with Gasteiger partial charge >= 0.3 is 5.97 Å². The van der Waals surface area contributed by atoms with E-state index in [0.717, 1.165) is 5.56 Å². The highest BCUT2D eigenvalue weighted by atomic mass is 16.5. The molecule has 0 bridgehead atoms. The third-order valence-electron chi connectivity index (χ3n) is 2.78. The number of hydrogen-bond donors (Lipinski definition) is 0. The summed E-state index contributed by atoms with van der Waals surface area (Å²) in [6.45, 7) is 1.91. The highest BCUT2D eigenvalue weighted by Gasteiger charge is 2.22. The number of benzene rings is 1. The number of amides is 1. The van der Waals surface area contributed by atoms with Crippen molar-refractivity contribution in [2.45, 2.75) is 19.6 Å². The molecule has 19 heavy (non-hydrogen) atoms. The molecule has 5 nitrogen and oxygen atoms in total. The van der Waals surface area contributed by atoms with Crippen molar-refractivity contribution in [3.63, 3.8) is 0 Å². The first-order chi connectivity index (χ1) is 9.08. The van der Waals surface area contributed by atoms with Crippen LogP contribution < -0.4 is 0 Å². The number of ether oxygens (including phenoxy) is 2. The number of esters is 1. The summed E-state index contributed by atoms with van der Waals surface area (Å²) in [6.07, 6.45) is -0.589. The summed E-state index contributed by atoms with van der Waals surface area (Å²) in [4.78, 5) is 24.9. The molecule has 1 amide bonds. The van der Waals surface area contributed by atoms with Gasteiger partial charge in [-0.3, -0.25) is 9.59 Å². The summed E-state index contributed by atoms with van der Waals surface area (Å²) in [5, 5.41) is 0. The number of hydrogen-bond acceptors (Lipinski definition) is 4. The molecular formula is C14H19NO4. The zero-order valence-corrected chi connectivity index (χ0v) is 11.5. The molecule has 0 radical (unpaired) electrons. The van der Waals surface area contributed by atoms with E-state index in [0.29, 0.717) is 6.54 Å². The Morgan fingerprint density at radius 3 is 2.37 bits per heavy atom. The molecular weight excluding hydrogens is 246 g/mol. The Morgan fingerprint density at radius 1 is 1.21 bits per heavy atom. The van der Waals surface area contributed by atoms with Crippen LogP contribution in [0.2, 0.25) is 0 Å². The molecule has 0 fully saturated rings.